The van der Waals surface area contributed by atoms with Crippen molar-refractivity contribution in [2.75, 3.05) is 31.8 Å². The van der Waals surface area contributed by atoms with E-state index >= 15 is 0 Å². The zero-order valence-corrected chi connectivity index (χ0v) is 20.7. The lowest BCUT2D eigenvalue weighted by molar-refractivity contribution is -0.143. The van der Waals surface area contributed by atoms with E-state index in [1.807, 2.05) is 43.3 Å². The van der Waals surface area contributed by atoms with Crippen LogP contribution in [0.15, 0.2) is 42.5 Å². The fourth-order valence-corrected chi connectivity index (χ4v) is 3.83. The molecule has 7 nitrogen and oxygen atoms in total. The van der Waals surface area contributed by atoms with Crippen LogP contribution in [0.3, 0.4) is 0 Å². The number of hydrogen-bond acceptors (Lipinski definition) is 7. The van der Waals surface area contributed by atoms with E-state index in [-0.39, 0.29) is 5.97 Å². The number of aromatic nitrogens is 2. The normalized spacial score (nSPS) is 10.8. The van der Waals surface area contributed by atoms with Crippen LogP contribution in [0.5, 0.6) is 11.5 Å². The second-order valence-electron chi connectivity index (χ2n) is 8.06. The van der Waals surface area contributed by atoms with Crippen molar-refractivity contribution in [3.63, 3.8) is 0 Å². The van der Waals surface area contributed by atoms with E-state index in [4.69, 9.17) is 19.2 Å². The standard InChI is InChI=1S/C27H35N3O4/c1-5-7-10-17-30(27-22-12-8-9-13-23(22)28-20(3)29-27)21-15-16-24(32-4)25(19-21)34-18-11-14-26(31)33-6-2/h8-9,12-13,15-16,19H,5-7,10-11,14,17-18H2,1-4H3. The van der Waals surface area contributed by atoms with Crippen molar-refractivity contribution in [3.8, 4) is 11.5 Å². The van der Waals surface area contributed by atoms with Crippen molar-refractivity contribution < 1.29 is 19.0 Å². The number of carbonyl (C=O) groups is 1. The van der Waals surface area contributed by atoms with Crippen LogP contribution < -0.4 is 14.4 Å². The maximum atomic E-state index is 11.6. The summed E-state index contributed by atoms with van der Waals surface area (Å²) in [6.45, 7) is 7.53. The molecule has 1 heterocycles. The summed E-state index contributed by atoms with van der Waals surface area (Å²) >= 11 is 0. The van der Waals surface area contributed by atoms with Gasteiger partial charge >= 0.3 is 5.97 Å². The summed E-state index contributed by atoms with van der Waals surface area (Å²) in [5.74, 6) is 2.70. The molecule has 0 aliphatic heterocycles. The Morgan fingerprint density at radius 2 is 1.82 bits per heavy atom. The lowest BCUT2D eigenvalue weighted by Gasteiger charge is -2.26. The van der Waals surface area contributed by atoms with Gasteiger partial charge < -0.3 is 19.1 Å². The molecule has 0 saturated carbocycles. The fourth-order valence-electron chi connectivity index (χ4n) is 3.83. The minimum atomic E-state index is -0.208. The molecule has 0 spiro atoms. The molecule has 0 aliphatic rings. The quantitative estimate of drug-likeness (QED) is 0.226. The maximum absolute atomic E-state index is 11.6. The highest BCUT2D eigenvalue weighted by atomic mass is 16.5. The molecule has 0 N–H and O–H groups in total. The molecule has 0 radical (unpaired) electrons. The Morgan fingerprint density at radius 3 is 2.59 bits per heavy atom. The number of anilines is 2. The van der Waals surface area contributed by atoms with Gasteiger partial charge in [-0.15, -0.1) is 0 Å². The van der Waals surface area contributed by atoms with Gasteiger partial charge in [0.2, 0.25) is 0 Å². The van der Waals surface area contributed by atoms with Crippen molar-refractivity contribution in [2.45, 2.75) is 52.9 Å². The molecule has 3 aromatic rings. The molecule has 0 unspecified atom stereocenters. The highest BCUT2D eigenvalue weighted by Crippen LogP contribution is 2.36. The summed E-state index contributed by atoms with van der Waals surface area (Å²) in [5.41, 5.74) is 1.90. The summed E-state index contributed by atoms with van der Waals surface area (Å²) in [5, 5.41) is 1.01. The molecule has 7 heteroatoms. The highest BCUT2D eigenvalue weighted by molar-refractivity contribution is 5.91. The lowest BCUT2D eigenvalue weighted by atomic mass is 10.1. The number of ether oxygens (including phenoxy) is 3. The van der Waals surface area contributed by atoms with Crippen molar-refractivity contribution in [1.82, 2.24) is 9.97 Å². The monoisotopic (exact) mass is 465 g/mol. The Balaban J connectivity index is 1.91. The summed E-state index contributed by atoms with van der Waals surface area (Å²) in [4.78, 5) is 23.3. The Bertz CT molecular complexity index is 1090. The molecular formula is C27H35N3O4. The predicted molar refractivity (Wildman–Crippen MR) is 135 cm³/mol. The van der Waals surface area contributed by atoms with Gasteiger partial charge in [-0.3, -0.25) is 4.79 Å². The third kappa shape index (κ3) is 6.59. The molecule has 1 aromatic heterocycles. The highest BCUT2D eigenvalue weighted by Gasteiger charge is 2.18. The Hall–Kier alpha value is -3.35. The molecule has 0 atom stereocenters. The number of methoxy groups -OCH3 is 1. The van der Waals surface area contributed by atoms with Gasteiger partial charge in [0, 0.05) is 30.1 Å². The third-order valence-corrected chi connectivity index (χ3v) is 5.48. The maximum Gasteiger partial charge on any atom is 0.305 e. The second kappa shape index (κ2) is 12.8. The fraction of sp³-hybridized carbons (Fsp3) is 0.444. The lowest BCUT2D eigenvalue weighted by Crippen LogP contribution is -2.21. The summed E-state index contributed by atoms with van der Waals surface area (Å²) in [6.07, 6.45) is 4.20. The molecular weight excluding hydrogens is 430 g/mol. The first-order valence-corrected chi connectivity index (χ1v) is 12.0. The van der Waals surface area contributed by atoms with Gasteiger partial charge in [-0.25, -0.2) is 9.97 Å². The largest absolute Gasteiger partial charge is 0.493 e. The van der Waals surface area contributed by atoms with E-state index in [1.165, 1.54) is 0 Å². The van der Waals surface area contributed by atoms with Gasteiger partial charge in [-0.2, -0.15) is 0 Å². The number of carbonyl (C=O) groups excluding carboxylic acids is 1. The Morgan fingerprint density at radius 1 is 1.00 bits per heavy atom. The summed E-state index contributed by atoms with van der Waals surface area (Å²) < 4.78 is 16.5. The number of hydrogen-bond donors (Lipinski definition) is 0. The number of fused-ring (bicyclic) bond motifs is 1. The van der Waals surface area contributed by atoms with Crippen molar-refractivity contribution in [1.29, 1.82) is 0 Å². The summed E-state index contributed by atoms with van der Waals surface area (Å²) in [6, 6.07) is 14.0. The zero-order valence-electron chi connectivity index (χ0n) is 20.7. The molecule has 0 aliphatic carbocycles. The van der Waals surface area contributed by atoms with Gasteiger partial charge in [-0.05, 0) is 51.0 Å². The van der Waals surface area contributed by atoms with Gasteiger partial charge in [0.15, 0.2) is 11.5 Å². The van der Waals surface area contributed by atoms with Crippen LogP contribution in [0, 0.1) is 6.92 Å². The van der Waals surface area contributed by atoms with Gasteiger partial charge in [0.05, 0.1) is 25.8 Å². The predicted octanol–water partition coefficient (Wildman–Crippen LogP) is 6.00. The Labute approximate surface area is 202 Å². The third-order valence-electron chi connectivity index (χ3n) is 5.48. The molecule has 0 amide bonds. The first kappa shape index (κ1) is 25.3. The number of nitrogens with zero attached hydrogens (tertiary/aromatic N) is 3. The van der Waals surface area contributed by atoms with Crippen LogP contribution in [-0.2, 0) is 9.53 Å². The van der Waals surface area contributed by atoms with E-state index in [2.05, 4.69) is 22.9 Å². The first-order valence-electron chi connectivity index (χ1n) is 12.0. The number of unbranched alkanes of at least 4 members (excludes halogenated alkanes) is 2. The van der Waals surface area contributed by atoms with Crippen molar-refractivity contribution in [3.05, 3.63) is 48.3 Å². The van der Waals surface area contributed by atoms with Crippen LogP contribution in [0.1, 0.15) is 51.8 Å². The van der Waals surface area contributed by atoms with Crippen molar-refractivity contribution >= 4 is 28.4 Å². The van der Waals surface area contributed by atoms with Crippen LogP contribution >= 0.6 is 0 Å². The van der Waals surface area contributed by atoms with E-state index in [0.29, 0.717) is 37.6 Å². The molecule has 34 heavy (non-hydrogen) atoms. The molecule has 3 rings (SSSR count). The molecule has 0 saturated heterocycles. The van der Waals surface area contributed by atoms with Crippen LogP contribution in [-0.4, -0.2) is 42.8 Å². The van der Waals surface area contributed by atoms with Crippen LogP contribution in [0.4, 0.5) is 11.5 Å². The SMILES string of the molecule is CCCCCN(c1ccc(OC)c(OCCCC(=O)OCC)c1)c1nc(C)nc2ccccc12. The molecule has 0 bridgehead atoms. The average molecular weight is 466 g/mol. The molecule has 182 valence electrons. The smallest absolute Gasteiger partial charge is 0.305 e. The van der Waals surface area contributed by atoms with E-state index in [0.717, 1.165) is 54.0 Å². The van der Waals surface area contributed by atoms with Gasteiger partial charge in [0.1, 0.15) is 11.6 Å². The topological polar surface area (TPSA) is 73.8 Å². The van der Waals surface area contributed by atoms with E-state index in [9.17, 15) is 4.79 Å². The van der Waals surface area contributed by atoms with Gasteiger partial charge in [0.25, 0.3) is 0 Å². The van der Waals surface area contributed by atoms with E-state index in [1.54, 1.807) is 14.0 Å². The van der Waals surface area contributed by atoms with E-state index < -0.39 is 0 Å². The molecule has 2 aromatic carbocycles. The number of aryl methyl sites for hydroxylation is 1. The Kier molecular flexibility index (Phi) is 9.50. The number of esters is 1. The average Bonchev–Trinajstić information content (AvgIpc) is 2.84. The second-order valence-corrected chi connectivity index (χ2v) is 8.06. The minimum absolute atomic E-state index is 0.208. The molecule has 0 fully saturated rings. The minimum Gasteiger partial charge on any atom is -0.493 e. The van der Waals surface area contributed by atoms with Crippen molar-refractivity contribution in [2.24, 2.45) is 0 Å². The number of benzene rings is 2. The van der Waals surface area contributed by atoms with Crippen LogP contribution in [0.2, 0.25) is 0 Å². The number of rotatable bonds is 13. The zero-order chi connectivity index (χ0) is 24.3. The number of para-hydroxylation sites is 1. The summed E-state index contributed by atoms with van der Waals surface area (Å²) in [7, 11) is 1.63. The van der Waals surface area contributed by atoms with Gasteiger partial charge in [-0.1, -0.05) is 31.9 Å². The first-order chi connectivity index (χ1) is 16.6. The van der Waals surface area contributed by atoms with Crippen LogP contribution in [0.25, 0.3) is 10.9 Å².